The van der Waals surface area contributed by atoms with E-state index >= 15 is 0 Å². The second-order valence-electron chi connectivity index (χ2n) is 33.0. The summed E-state index contributed by atoms with van der Waals surface area (Å²) >= 11 is 0. The summed E-state index contributed by atoms with van der Waals surface area (Å²) in [5.41, 5.74) is 28.7. The molecule has 436 valence electrons. The first-order chi connectivity index (χ1) is 39.5. The molecule has 2 aliphatic heterocycles. The Morgan fingerprint density at radius 1 is 0.424 bits per heavy atom. The number of rotatable bonds is 5. The smallest absolute Gasteiger partial charge is 0.252 e. The first kappa shape index (κ1) is 57.1. The largest absolute Gasteiger partial charge is 0.456 e. The Balaban J connectivity index is 1.18. The lowest BCUT2D eigenvalue weighted by Gasteiger charge is -2.47. The Morgan fingerprint density at radius 3 is 1.61 bits per heavy atom. The molecule has 8 aromatic carbocycles. The van der Waals surface area contributed by atoms with E-state index in [1.807, 2.05) is 0 Å². The van der Waals surface area contributed by atoms with Crippen molar-refractivity contribution in [3.63, 3.8) is 0 Å². The molecule has 0 fully saturated rings. The molecule has 0 amide bonds. The third-order valence-corrected chi connectivity index (χ3v) is 20.6. The van der Waals surface area contributed by atoms with Gasteiger partial charge >= 0.3 is 0 Å². The summed E-state index contributed by atoms with van der Waals surface area (Å²) in [5, 5.41) is 2.28. The average molecular weight is 1120 g/mol. The summed E-state index contributed by atoms with van der Waals surface area (Å²) in [7, 11) is 0. The number of fused-ring (bicyclic) bond motifs is 9. The van der Waals surface area contributed by atoms with E-state index in [-0.39, 0.29) is 50.0 Å². The van der Waals surface area contributed by atoms with Gasteiger partial charge in [-0.25, -0.2) is 0 Å². The molecule has 0 unspecified atom stereocenters. The van der Waals surface area contributed by atoms with Crippen LogP contribution in [0.15, 0.2) is 144 Å². The molecule has 13 rings (SSSR count). The molecule has 5 heteroatoms. The molecule has 0 spiro atoms. The number of para-hydroxylation sites is 1. The Hall–Kier alpha value is -6.98. The number of furan rings is 1. The molecular formula is C80H92BN3O. The van der Waals surface area contributed by atoms with Crippen molar-refractivity contribution in [3.8, 4) is 0 Å². The van der Waals surface area contributed by atoms with Crippen LogP contribution in [0.25, 0.3) is 21.9 Å². The molecule has 4 aliphatic rings. The summed E-state index contributed by atoms with van der Waals surface area (Å²) in [6.45, 7) is 50.3. The first-order valence-electron chi connectivity index (χ1n) is 31.8. The van der Waals surface area contributed by atoms with E-state index in [2.05, 4.69) is 300 Å². The predicted octanol–water partition coefficient (Wildman–Crippen LogP) is 20.9. The van der Waals surface area contributed by atoms with E-state index in [1.54, 1.807) is 0 Å². The van der Waals surface area contributed by atoms with Crippen molar-refractivity contribution in [2.75, 3.05) is 14.7 Å². The molecule has 0 saturated carbocycles. The highest BCUT2D eigenvalue weighted by Crippen LogP contribution is 2.56. The van der Waals surface area contributed by atoms with Gasteiger partial charge in [-0.05, 0) is 209 Å². The SMILES string of the molecule is Cc1cc2c(cc1N1c3cc4c(cc3B3c5ccc(N(c6ccc(C(C)(C)C)cc6)c6cccc(C(C)(C)C)c6)cc5N(c5cc(C(C)(C)C)c6oc7ccccc7c6c5)c5cc(C(C)(C)C)cc1c53)C(C)(C)CC4(C)C)C(C)(C)CCC2(C)C. The van der Waals surface area contributed by atoms with E-state index in [4.69, 9.17) is 4.42 Å². The Morgan fingerprint density at radius 2 is 0.976 bits per heavy atom. The van der Waals surface area contributed by atoms with Gasteiger partial charge in [0.25, 0.3) is 6.71 Å². The van der Waals surface area contributed by atoms with Crippen LogP contribution in [0.3, 0.4) is 0 Å². The molecule has 0 atom stereocenters. The summed E-state index contributed by atoms with van der Waals surface area (Å²) < 4.78 is 6.95. The second kappa shape index (κ2) is 18.5. The van der Waals surface area contributed by atoms with Gasteiger partial charge in [-0.15, -0.1) is 0 Å². The van der Waals surface area contributed by atoms with Crippen molar-refractivity contribution in [1.82, 2.24) is 0 Å². The highest BCUT2D eigenvalue weighted by atomic mass is 16.3. The maximum Gasteiger partial charge on any atom is 0.252 e. The van der Waals surface area contributed by atoms with Gasteiger partial charge in [-0.2, -0.15) is 0 Å². The van der Waals surface area contributed by atoms with Crippen molar-refractivity contribution < 1.29 is 4.42 Å². The molecule has 9 aromatic rings. The lowest BCUT2D eigenvalue weighted by molar-refractivity contribution is 0.332. The highest BCUT2D eigenvalue weighted by Gasteiger charge is 2.50. The van der Waals surface area contributed by atoms with Gasteiger partial charge in [0.2, 0.25) is 0 Å². The minimum absolute atomic E-state index is 0.00911. The van der Waals surface area contributed by atoms with Crippen molar-refractivity contribution in [3.05, 3.63) is 190 Å². The highest BCUT2D eigenvalue weighted by molar-refractivity contribution is 7.00. The van der Waals surface area contributed by atoms with Crippen LogP contribution in [0.2, 0.25) is 0 Å². The van der Waals surface area contributed by atoms with Crippen molar-refractivity contribution in [2.45, 2.75) is 208 Å². The quantitative estimate of drug-likeness (QED) is 0.160. The third-order valence-electron chi connectivity index (χ3n) is 20.6. The van der Waals surface area contributed by atoms with Gasteiger partial charge in [0.1, 0.15) is 11.2 Å². The standard InChI is InChI=1S/C80H92BN3O/c1-48-37-58-60(78(16,17)36-35-77(58,14)15)45-65(48)84-67-46-61-59(79(18,19)47-80(61,20)21)44-64(67)81-63-34-33-54(82(52-31-29-49(30-32-52)73(2,3)4)53-26-24-25-50(38-53)74(5,6)7)43-66(63)83(68-39-51(75(8,9)10)40-69(84)71(68)81)55-41-57-56-27-22-23-28-70(56)85-72(57)62(42-55)76(11,12)13/h22-34,37-46H,35-36,47H2,1-21H3. The van der Waals surface area contributed by atoms with Crippen LogP contribution >= 0.6 is 0 Å². The van der Waals surface area contributed by atoms with E-state index < -0.39 is 0 Å². The molecule has 4 nitrogen and oxygen atoms in total. The van der Waals surface area contributed by atoms with E-state index in [1.165, 1.54) is 101 Å². The first-order valence-corrected chi connectivity index (χ1v) is 31.8. The maximum absolute atomic E-state index is 6.95. The predicted molar refractivity (Wildman–Crippen MR) is 368 cm³/mol. The fourth-order valence-electron chi connectivity index (χ4n) is 15.7. The molecule has 85 heavy (non-hydrogen) atoms. The molecular weight excluding hydrogens is 1030 g/mol. The summed E-state index contributed by atoms with van der Waals surface area (Å²) in [5.74, 6) is 0. The van der Waals surface area contributed by atoms with Crippen LogP contribution < -0.4 is 31.1 Å². The molecule has 0 radical (unpaired) electrons. The Labute approximate surface area is 510 Å². The van der Waals surface area contributed by atoms with Crippen LogP contribution in [0.4, 0.5) is 51.2 Å². The molecule has 2 aliphatic carbocycles. The average Bonchev–Trinajstić information content (AvgIpc) is 1.50. The van der Waals surface area contributed by atoms with Crippen LogP contribution in [0, 0.1) is 6.92 Å². The van der Waals surface area contributed by atoms with Gasteiger partial charge in [0, 0.05) is 67.5 Å². The Bertz CT molecular complexity index is 4230. The van der Waals surface area contributed by atoms with Gasteiger partial charge < -0.3 is 19.1 Å². The number of hydrogen-bond donors (Lipinski definition) is 0. The fraction of sp³-hybridized carbons (Fsp3) is 0.400. The van der Waals surface area contributed by atoms with Crippen molar-refractivity contribution in [1.29, 1.82) is 0 Å². The topological polar surface area (TPSA) is 22.9 Å². The van der Waals surface area contributed by atoms with Crippen LogP contribution in [-0.2, 0) is 43.3 Å². The zero-order valence-electron chi connectivity index (χ0n) is 55.2. The zero-order chi connectivity index (χ0) is 60.8. The van der Waals surface area contributed by atoms with Gasteiger partial charge in [-0.1, -0.05) is 199 Å². The minimum atomic E-state index is -0.241. The number of hydrogen-bond acceptors (Lipinski definition) is 4. The molecule has 1 aromatic heterocycles. The summed E-state index contributed by atoms with van der Waals surface area (Å²) in [4.78, 5) is 7.95. The van der Waals surface area contributed by atoms with Gasteiger partial charge in [0.05, 0.1) is 0 Å². The monoisotopic (exact) mass is 1120 g/mol. The van der Waals surface area contributed by atoms with E-state index in [0.717, 1.165) is 57.5 Å². The van der Waals surface area contributed by atoms with Crippen LogP contribution in [0.1, 0.15) is 208 Å². The normalized spacial score (nSPS) is 17.4. The Kier molecular flexibility index (Phi) is 12.4. The summed E-state index contributed by atoms with van der Waals surface area (Å²) in [6.07, 6.45) is 3.42. The lowest BCUT2D eigenvalue weighted by Crippen LogP contribution is -2.61. The maximum atomic E-state index is 6.95. The lowest BCUT2D eigenvalue weighted by atomic mass is 9.33. The van der Waals surface area contributed by atoms with E-state index in [0.29, 0.717) is 0 Å². The van der Waals surface area contributed by atoms with Crippen molar-refractivity contribution >= 4 is 96.2 Å². The molecule has 0 bridgehead atoms. The molecule has 0 saturated heterocycles. The number of nitrogens with zero attached hydrogens (tertiary/aromatic N) is 3. The van der Waals surface area contributed by atoms with E-state index in [9.17, 15) is 0 Å². The van der Waals surface area contributed by atoms with Crippen LogP contribution in [-0.4, -0.2) is 6.71 Å². The number of benzene rings is 8. The van der Waals surface area contributed by atoms with Crippen molar-refractivity contribution in [2.24, 2.45) is 0 Å². The molecule has 3 heterocycles. The summed E-state index contributed by atoms with van der Waals surface area (Å²) in [6, 6.07) is 55.4. The third kappa shape index (κ3) is 9.12. The van der Waals surface area contributed by atoms with Gasteiger partial charge in [-0.3, -0.25) is 0 Å². The number of anilines is 9. The van der Waals surface area contributed by atoms with Crippen LogP contribution in [0.5, 0.6) is 0 Å². The second-order valence-corrected chi connectivity index (χ2v) is 33.0. The molecule has 0 N–H and O–H groups in total. The number of aryl methyl sites for hydroxylation is 1. The minimum Gasteiger partial charge on any atom is -0.456 e. The zero-order valence-corrected chi connectivity index (χ0v) is 55.2. The fourth-order valence-corrected chi connectivity index (χ4v) is 15.7. The van der Waals surface area contributed by atoms with Gasteiger partial charge in [0.15, 0.2) is 0 Å².